The summed E-state index contributed by atoms with van der Waals surface area (Å²) < 4.78 is 20.4. The Bertz CT molecular complexity index is 2280. The van der Waals surface area contributed by atoms with Gasteiger partial charge in [-0.1, -0.05) is 29.5 Å². The Hall–Kier alpha value is -5.68. The molecular weight excluding hydrogens is 641 g/mol. The molecule has 0 bridgehead atoms. The Labute approximate surface area is 287 Å². The van der Waals surface area contributed by atoms with Crippen molar-refractivity contribution in [1.29, 1.82) is 0 Å². The van der Waals surface area contributed by atoms with Crippen molar-refractivity contribution in [1.82, 2.24) is 9.13 Å². The maximum Gasteiger partial charge on any atom is 0.338 e. The topological polar surface area (TPSA) is 113 Å². The first kappa shape index (κ1) is 33.2. The van der Waals surface area contributed by atoms with Crippen LogP contribution in [-0.2, 0) is 9.53 Å². The Balaban J connectivity index is 1.47. The number of ether oxygens (including phenoxy) is 3. The Kier molecular flexibility index (Phi) is 9.37. The van der Waals surface area contributed by atoms with Crippen LogP contribution in [0.15, 0.2) is 99.9 Å². The molecule has 5 aromatic rings. The number of carbonyl (C=O) groups is 2. The molecule has 0 aliphatic carbocycles. The summed E-state index contributed by atoms with van der Waals surface area (Å²) in [5, 5.41) is 2.98. The number of methoxy groups -OCH3 is 2. The fraction of sp³-hybridized carbons (Fsp3) is 0.211. The summed E-state index contributed by atoms with van der Waals surface area (Å²) >= 11 is 1.26. The molecule has 250 valence electrons. The van der Waals surface area contributed by atoms with Gasteiger partial charge in [0.1, 0.15) is 17.5 Å². The van der Waals surface area contributed by atoms with Crippen LogP contribution >= 0.6 is 11.3 Å². The van der Waals surface area contributed by atoms with Crippen LogP contribution in [0.2, 0.25) is 0 Å². The number of hydrogen-bond acceptors (Lipinski definition) is 8. The van der Waals surface area contributed by atoms with E-state index in [4.69, 9.17) is 19.2 Å². The lowest BCUT2D eigenvalue weighted by Crippen LogP contribution is -2.40. The minimum atomic E-state index is -0.826. The Morgan fingerprint density at radius 1 is 0.959 bits per heavy atom. The summed E-state index contributed by atoms with van der Waals surface area (Å²) in [6, 6.07) is 22.9. The van der Waals surface area contributed by atoms with Gasteiger partial charge in [-0.15, -0.1) is 0 Å². The molecular formula is C38H36N4O6S. The standard InChI is InChI=1S/C38H36N4O6S/c1-7-48-37(45)25-13-15-28(16-14-25)41-22(2)19-26(24(41)4)20-32-36(44)42-34(30-18-17-29(46-5)21-31(30)47-6)33(23(3)39-38(42)49-32)35(43)40-27-11-9-8-10-12-27/h8-21,34H,7H2,1-6H3,(H,40,43)/b32-20-/t34-/m0/s1. The molecule has 49 heavy (non-hydrogen) atoms. The fourth-order valence-electron chi connectivity index (χ4n) is 6.10. The summed E-state index contributed by atoms with van der Waals surface area (Å²) in [6.07, 6.45) is 1.86. The van der Waals surface area contributed by atoms with E-state index in [9.17, 15) is 14.4 Å². The van der Waals surface area contributed by atoms with Gasteiger partial charge in [0.15, 0.2) is 4.80 Å². The fourth-order valence-corrected chi connectivity index (χ4v) is 7.14. The quantitative estimate of drug-likeness (QED) is 0.207. The molecule has 0 saturated heterocycles. The number of nitrogens with zero attached hydrogens (tertiary/aromatic N) is 3. The highest BCUT2D eigenvalue weighted by atomic mass is 32.1. The molecule has 6 rings (SSSR count). The third-order valence-electron chi connectivity index (χ3n) is 8.43. The summed E-state index contributed by atoms with van der Waals surface area (Å²) in [4.78, 5) is 45.8. The summed E-state index contributed by atoms with van der Waals surface area (Å²) in [5.74, 6) is 0.306. The number of benzene rings is 3. The largest absolute Gasteiger partial charge is 0.497 e. The molecule has 1 amide bonds. The molecule has 0 fully saturated rings. The van der Waals surface area contributed by atoms with E-state index in [1.165, 1.54) is 11.3 Å². The zero-order valence-electron chi connectivity index (χ0n) is 28.1. The van der Waals surface area contributed by atoms with Crippen LogP contribution in [-0.4, -0.2) is 41.8 Å². The van der Waals surface area contributed by atoms with Crippen LogP contribution in [0.5, 0.6) is 11.5 Å². The lowest BCUT2D eigenvalue weighted by atomic mass is 9.94. The molecule has 3 heterocycles. The van der Waals surface area contributed by atoms with Crippen LogP contribution < -0.4 is 29.7 Å². The smallest absolute Gasteiger partial charge is 0.338 e. The number of allylic oxidation sites excluding steroid dienone is 1. The van der Waals surface area contributed by atoms with Crippen LogP contribution in [0.3, 0.4) is 0 Å². The molecule has 1 N–H and O–H groups in total. The molecule has 0 unspecified atom stereocenters. The number of nitrogens with one attached hydrogen (secondary N) is 1. The van der Waals surface area contributed by atoms with Crippen molar-refractivity contribution >= 4 is 35.0 Å². The molecule has 3 aromatic carbocycles. The number of rotatable bonds is 9. The lowest BCUT2D eigenvalue weighted by molar-refractivity contribution is -0.113. The molecule has 10 nitrogen and oxygen atoms in total. The normalized spacial score (nSPS) is 14.2. The number of anilines is 1. The number of aryl methyl sites for hydroxylation is 1. The molecule has 1 atom stereocenters. The highest BCUT2D eigenvalue weighted by Crippen LogP contribution is 2.37. The average Bonchev–Trinajstić information content (AvgIpc) is 3.56. The number of fused-ring (bicyclic) bond motifs is 1. The van der Waals surface area contributed by atoms with Gasteiger partial charge < -0.3 is 24.1 Å². The van der Waals surface area contributed by atoms with Gasteiger partial charge in [-0.05, 0) is 93.9 Å². The molecule has 2 aromatic heterocycles. The van der Waals surface area contributed by atoms with Gasteiger partial charge in [0, 0.05) is 34.4 Å². The molecule has 0 radical (unpaired) electrons. The first-order valence-corrected chi connectivity index (χ1v) is 16.5. The number of para-hydroxylation sites is 1. The minimum Gasteiger partial charge on any atom is -0.497 e. The van der Waals surface area contributed by atoms with E-state index >= 15 is 0 Å². The third-order valence-corrected chi connectivity index (χ3v) is 9.41. The number of carbonyl (C=O) groups excluding carboxylic acids is 2. The highest BCUT2D eigenvalue weighted by Gasteiger charge is 2.34. The third kappa shape index (κ3) is 6.32. The van der Waals surface area contributed by atoms with E-state index in [1.54, 1.807) is 69.0 Å². The zero-order chi connectivity index (χ0) is 34.8. The number of amides is 1. The van der Waals surface area contributed by atoms with E-state index in [0.717, 1.165) is 22.6 Å². The van der Waals surface area contributed by atoms with Gasteiger partial charge in [-0.3, -0.25) is 14.2 Å². The van der Waals surface area contributed by atoms with Crippen molar-refractivity contribution < 1.29 is 23.8 Å². The predicted molar refractivity (Wildman–Crippen MR) is 190 cm³/mol. The second kappa shape index (κ2) is 13.8. The van der Waals surface area contributed by atoms with E-state index in [0.29, 0.717) is 55.5 Å². The SMILES string of the molecule is CCOC(=O)c1ccc(-n2c(C)cc(/C=c3\sc4n(c3=O)[C@@H](c3ccc(OC)cc3OC)C(C(=O)Nc3ccccc3)=C(C)N=4)c2C)cc1. The monoisotopic (exact) mass is 676 g/mol. The van der Waals surface area contributed by atoms with Crippen LogP contribution in [0.25, 0.3) is 11.8 Å². The molecule has 0 saturated carbocycles. The van der Waals surface area contributed by atoms with E-state index in [-0.39, 0.29) is 17.4 Å². The highest BCUT2D eigenvalue weighted by molar-refractivity contribution is 7.07. The zero-order valence-corrected chi connectivity index (χ0v) is 28.9. The van der Waals surface area contributed by atoms with Crippen molar-refractivity contribution in [3.05, 3.63) is 138 Å². The van der Waals surface area contributed by atoms with Crippen molar-refractivity contribution in [2.75, 3.05) is 26.1 Å². The first-order valence-electron chi connectivity index (χ1n) is 15.7. The Morgan fingerprint density at radius 3 is 2.37 bits per heavy atom. The summed E-state index contributed by atoms with van der Waals surface area (Å²) in [6.45, 7) is 7.83. The average molecular weight is 677 g/mol. The van der Waals surface area contributed by atoms with Gasteiger partial charge >= 0.3 is 5.97 Å². The van der Waals surface area contributed by atoms with Crippen LogP contribution in [0, 0.1) is 13.8 Å². The van der Waals surface area contributed by atoms with Gasteiger partial charge in [-0.2, -0.15) is 0 Å². The number of aromatic nitrogens is 2. The second-order valence-corrected chi connectivity index (χ2v) is 12.4. The van der Waals surface area contributed by atoms with Gasteiger partial charge in [0.2, 0.25) is 0 Å². The maximum atomic E-state index is 14.4. The van der Waals surface area contributed by atoms with Crippen molar-refractivity contribution in [3.63, 3.8) is 0 Å². The second-order valence-electron chi connectivity index (χ2n) is 11.4. The number of hydrogen-bond donors (Lipinski definition) is 1. The van der Waals surface area contributed by atoms with E-state index < -0.39 is 6.04 Å². The lowest BCUT2D eigenvalue weighted by Gasteiger charge is -2.26. The van der Waals surface area contributed by atoms with Crippen LogP contribution in [0.1, 0.15) is 52.8 Å². The summed E-state index contributed by atoms with van der Waals surface area (Å²) in [5.41, 5.74) is 5.86. The van der Waals surface area contributed by atoms with Crippen molar-refractivity contribution in [2.45, 2.75) is 33.7 Å². The van der Waals surface area contributed by atoms with Gasteiger partial charge in [0.05, 0.1) is 42.2 Å². The number of esters is 1. The van der Waals surface area contributed by atoms with E-state index in [2.05, 4.69) is 9.88 Å². The predicted octanol–water partition coefficient (Wildman–Crippen LogP) is 5.48. The van der Waals surface area contributed by atoms with Gasteiger partial charge in [0.25, 0.3) is 11.5 Å². The molecule has 11 heteroatoms. The van der Waals surface area contributed by atoms with Gasteiger partial charge in [-0.25, -0.2) is 9.79 Å². The van der Waals surface area contributed by atoms with Crippen molar-refractivity contribution in [3.8, 4) is 17.2 Å². The maximum absolute atomic E-state index is 14.4. The number of thiazole rings is 1. The van der Waals surface area contributed by atoms with Crippen LogP contribution in [0.4, 0.5) is 5.69 Å². The minimum absolute atomic E-state index is 0.285. The first-order chi connectivity index (χ1) is 23.6. The van der Waals surface area contributed by atoms with Crippen molar-refractivity contribution in [2.24, 2.45) is 4.99 Å². The van der Waals surface area contributed by atoms with E-state index in [1.807, 2.05) is 62.4 Å². The Morgan fingerprint density at radius 2 is 1.69 bits per heavy atom. The molecule has 1 aliphatic heterocycles. The molecule has 1 aliphatic rings. The molecule has 0 spiro atoms. The summed E-state index contributed by atoms with van der Waals surface area (Å²) in [7, 11) is 3.11.